The van der Waals surface area contributed by atoms with Gasteiger partial charge < -0.3 is 9.64 Å². The summed E-state index contributed by atoms with van der Waals surface area (Å²) in [6.07, 6.45) is 1.90. The Morgan fingerprint density at radius 1 is 1.26 bits per heavy atom. The standard InChI is InChI=1S/C17H26N4O2/c1-11(2)20-7-5-14(6-8-20)15-9-16(19-13(4)18-15)21-12(3)10-23-17(21)22/h9,11-12,14H,5-8,10H2,1-4H3/t12-/m1/s1. The van der Waals surface area contributed by atoms with Crippen molar-refractivity contribution in [2.75, 3.05) is 24.6 Å². The summed E-state index contributed by atoms with van der Waals surface area (Å²) in [5.41, 5.74) is 1.06. The number of amides is 1. The Bertz CT molecular complexity index is 582. The fourth-order valence-corrected chi connectivity index (χ4v) is 3.45. The van der Waals surface area contributed by atoms with E-state index < -0.39 is 0 Å². The molecule has 0 N–H and O–H groups in total. The van der Waals surface area contributed by atoms with Gasteiger partial charge in [0.1, 0.15) is 18.2 Å². The summed E-state index contributed by atoms with van der Waals surface area (Å²) in [5, 5.41) is 0. The van der Waals surface area contributed by atoms with Crippen LogP contribution in [0.3, 0.4) is 0 Å². The fraction of sp³-hybridized carbons (Fsp3) is 0.706. The third kappa shape index (κ3) is 3.32. The smallest absolute Gasteiger partial charge is 0.415 e. The van der Waals surface area contributed by atoms with Crippen LogP contribution >= 0.6 is 0 Å². The van der Waals surface area contributed by atoms with Gasteiger partial charge in [-0.1, -0.05) is 0 Å². The normalized spacial score (nSPS) is 23.6. The number of anilines is 1. The molecule has 2 saturated heterocycles. The fourth-order valence-electron chi connectivity index (χ4n) is 3.45. The molecule has 2 aliphatic rings. The SMILES string of the molecule is Cc1nc(C2CCN(C(C)C)CC2)cc(N2C(=O)OC[C@H]2C)n1. The first kappa shape index (κ1) is 16.2. The molecule has 3 rings (SSSR count). The Kier molecular flexibility index (Phi) is 4.53. The molecular formula is C17H26N4O2. The van der Waals surface area contributed by atoms with Crippen LogP contribution in [0.4, 0.5) is 10.6 Å². The highest BCUT2D eigenvalue weighted by molar-refractivity contribution is 5.89. The summed E-state index contributed by atoms with van der Waals surface area (Å²) in [6, 6.07) is 2.59. The molecule has 1 aromatic rings. The van der Waals surface area contributed by atoms with Gasteiger partial charge in [0.05, 0.1) is 6.04 Å². The van der Waals surface area contributed by atoms with Gasteiger partial charge in [-0.3, -0.25) is 4.90 Å². The van der Waals surface area contributed by atoms with E-state index in [-0.39, 0.29) is 12.1 Å². The van der Waals surface area contributed by atoms with Gasteiger partial charge in [-0.25, -0.2) is 14.8 Å². The van der Waals surface area contributed by atoms with Crippen molar-refractivity contribution in [3.63, 3.8) is 0 Å². The largest absolute Gasteiger partial charge is 0.447 e. The molecule has 0 aliphatic carbocycles. The number of carbonyl (C=O) groups excluding carboxylic acids is 1. The molecule has 1 atom stereocenters. The summed E-state index contributed by atoms with van der Waals surface area (Å²) in [6.45, 7) is 11.0. The van der Waals surface area contributed by atoms with Crippen LogP contribution in [0.5, 0.6) is 0 Å². The average Bonchev–Trinajstić information content (AvgIpc) is 2.85. The van der Waals surface area contributed by atoms with Gasteiger partial charge >= 0.3 is 6.09 Å². The number of hydrogen-bond acceptors (Lipinski definition) is 5. The van der Waals surface area contributed by atoms with Crippen LogP contribution in [0.1, 0.15) is 51.0 Å². The zero-order chi connectivity index (χ0) is 16.6. The second-order valence-electron chi connectivity index (χ2n) is 6.90. The number of rotatable bonds is 3. The Morgan fingerprint density at radius 2 is 1.96 bits per heavy atom. The molecule has 1 aromatic heterocycles. The number of likely N-dealkylation sites (tertiary alicyclic amines) is 1. The lowest BCUT2D eigenvalue weighted by molar-refractivity contribution is 0.170. The van der Waals surface area contributed by atoms with E-state index in [0.717, 1.165) is 37.4 Å². The van der Waals surface area contributed by atoms with Crippen LogP contribution < -0.4 is 4.90 Å². The molecule has 1 amide bonds. The van der Waals surface area contributed by atoms with E-state index in [1.807, 2.05) is 19.9 Å². The number of nitrogens with zero attached hydrogens (tertiary/aromatic N) is 4. The molecular weight excluding hydrogens is 292 g/mol. The number of aryl methyl sites for hydroxylation is 1. The van der Waals surface area contributed by atoms with Crippen LogP contribution in [0.2, 0.25) is 0 Å². The predicted octanol–water partition coefficient (Wildman–Crippen LogP) is 2.72. The summed E-state index contributed by atoms with van der Waals surface area (Å²) < 4.78 is 5.12. The van der Waals surface area contributed by atoms with Crippen LogP contribution in [-0.4, -0.2) is 52.7 Å². The number of ether oxygens (including phenoxy) is 1. The summed E-state index contributed by atoms with van der Waals surface area (Å²) in [4.78, 5) is 25.2. The third-order valence-electron chi connectivity index (χ3n) is 4.85. The molecule has 0 spiro atoms. The van der Waals surface area contributed by atoms with Gasteiger partial charge in [0.2, 0.25) is 0 Å². The first-order valence-corrected chi connectivity index (χ1v) is 8.51. The van der Waals surface area contributed by atoms with E-state index in [0.29, 0.717) is 24.4 Å². The van der Waals surface area contributed by atoms with Crippen molar-refractivity contribution in [3.05, 3.63) is 17.6 Å². The molecule has 126 valence electrons. The van der Waals surface area contributed by atoms with E-state index in [1.165, 1.54) is 0 Å². The van der Waals surface area contributed by atoms with Gasteiger partial charge in [0.25, 0.3) is 0 Å². The van der Waals surface area contributed by atoms with Crippen LogP contribution in [0.25, 0.3) is 0 Å². The minimum atomic E-state index is -0.309. The highest BCUT2D eigenvalue weighted by atomic mass is 16.6. The van der Waals surface area contributed by atoms with E-state index in [1.54, 1.807) is 4.90 Å². The first-order chi connectivity index (χ1) is 11.0. The molecule has 0 unspecified atom stereocenters. The zero-order valence-corrected chi connectivity index (χ0v) is 14.5. The van der Waals surface area contributed by atoms with Crippen molar-refractivity contribution in [2.24, 2.45) is 0 Å². The van der Waals surface area contributed by atoms with E-state index in [2.05, 4.69) is 28.7 Å². The predicted molar refractivity (Wildman–Crippen MR) is 88.7 cm³/mol. The van der Waals surface area contributed by atoms with Crippen molar-refractivity contribution in [3.8, 4) is 0 Å². The second kappa shape index (κ2) is 6.43. The van der Waals surface area contributed by atoms with Crippen molar-refractivity contribution >= 4 is 11.9 Å². The van der Waals surface area contributed by atoms with Crippen molar-refractivity contribution in [2.45, 2.75) is 58.5 Å². The second-order valence-corrected chi connectivity index (χ2v) is 6.90. The minimum absolute atomic E-state index is 0.0208. The maximum atomic E-state index is 11.9. The van der Waals surface area contributed by atoms with E-state index >= 15 is 0 Å². The Hall–Kier alpha value is -1.69. The summed E-state index contributed by atoms with van der Waals surface area (Å²) >= 11 is 0. The Labute approximate surface area is 137 Å². The first-order valence-electron chi connectivity index (χ1n) is 8.51. The average molecular weight is 318 g/mol. The maximum Gasteiger partial charge on any atom is 0.415 e. The summed E-state index contributed by atoms with van der Waals surface area (Å²) in [7, 11) is 0. The maximum absolute atomic E-state index is 11.9. The monoisotopic (exact) mass is 318 g/mol. The van der Waals surface area contributed by atoms with Crippen molar-refractivity contribution in [1.82, 2.24) is 14.9 Å². The van der Waals surface area contributed by atoms with Crippen molar-refractivity contribution < 1.29 is 9.53 Å². The van der Waals surface area contributed by atoms with Crippen molar-refractivity contribution in [1.29, 1.82) is 0 Å². The molecule has 0 bridgehead atoms. The highest BCUT2D eigenvalue weighted by Gasteiger charge is 2.33. The van der Waals surface area contributed by atoms with Gasteiger partial charge in [0, 0.05) is 23.7 Å². The summed E-state index contributed by atoms with van der Waals surface area (Å²) in [5.74, 6) is 1.84. The lowest BCUT2D eigenvalue weighted by Gasteiger charge is -2.34. The number of piperidine rings is 1. The third-order valence-corrected chi connectivity index (χ3v) is 4.85. The lowest BCUT2D eigenvalue weighted by atomic mass is 9.92. The molecule has 2 fully saturated rings. The van der Waals surface area contributed by atoms with Gasteiger partial charge in [-0.05, 0) is 53.6 Å². The van der Waals surface area contributed by atoms with E-state index in [9.17, 15) is 4.79 Å². The number of hydrogen-bond donors (Lipinski definition) is 0. The quantitative estimate of drug-likeness (QED) is 0.857. The van der Waals surface area contributed by atoms with Crippen LogP contribution in [0, 0.1) is 6.92 Å². The van der Waals surface area contributed by atoms with Gasteiger partial charge in [0.15, 0.2) is 0 Å². The molecule has 6 heteroatoms. The minimum Gasteiger partial charge on any atom is -0.447 e. The molecule has 3 heterocycles. The van der Waals surface area contributed by atoms with E-state index in [4.69, 9.17) is 4.74 Å². The molecule has 0 radical (unpaired) electrons. The van der Waals surface area contributed by atoms with Gasteiger partial charge in [-0.2, -0.15) is 0 Å². The molecule has 0 saturated carbocycles. The highest BCUT2D eigenvalue weighted by Crippen LogP contribution is 2.30. The molecule has 6 nitrogen and oxygen atoms in total. The Morgan fingerprint density at radius 3 is 2.52 bits per heavy atom. The number of cyclic esters (lactones) is 1. The molecule has 2 aliphatic heterocycles. The lowest BCUT2D eigenvalue weighted by Crippen LogP contribution is -2.38. The number of carbonyl (C=O) groups is 1. The van der Waals surface area contributed by atoms with Crippen LogP contribution in [-0.2, 0) is 4.74 Å². The topological polar surface area (TPSA) is 58.6 Å². The zero-order valence-electron chi connectivity index (χ0n) is 14.5. The number of aromatic nitrogens is 2. The van der Waals surface area contributed by atoms with Gasteiger partial charge in [-0.15, -0.1) is 0 Å². The Balaban J connectivity index is 1.80. The van der Waals surface area contributed by atoms with Crippen LogP contribution in [0.15, 0.2) is 6.07 Å². The molecule has 23 heavy (non-hydrogen) atoms. The molecule has 0 aromatic carbocycles.